The van der Waals surface area contributed by atoms with Crippen molar-refractivity contribution < 1.29 is 27.5 Å². The highest BCUT2D eigenvalue weighted by molar-refractivity contribution is 7.89. The minimum Gasteiger partial charge on any atom is -0.373 e. The second-order valence-electron chi connectivity index (χ2n) is 9.93. The lowest BCUT2D eigenvalue weighted by Gasteiger charge is -2.34. The number of amides is 3. The van der Waals surface area contributed by atoms with E-state index < -0.39 is 15.9 Å². The molecular formula is C27H36N4O6S2. The minimum atomic E-state index is -3.74. The average molecular weight is 577 g/mol. The van der Waals surface area contributed by atoms with Gasteiger partial charge < -0.3 is 19.9 Å². The third kappa shape index (κ3) is 6.03. The number of fused-ring (bicyclic) bond motifs is 1. The van der Waals surface area contributed by atoms with Crippen LogP contribution in [0.3, 0.4) is 0 Å². The van der Waals surface area contributed by atoms with Crippen molar-refractivity contribution in [1.29, 1.82) is 0 Å². The molecule has 1 fully saturated rings. The van der Waals surface area contributed by atoms with Crippen molar-refractivity contribution in [3.05, 3.63) is 45.8 Å². The first-order valence-electron chi connectivity index (χ1n) is 13.2. The number of carbonyl (C=O) groups excluding carboxylic acids is 3. The maximum absolute atomic E-state index is 13.5. The highest BCUT2D eigenvalue weighted by Crippen LogP contribution is 2.38. The maximum Gasteiger partial charge on any atom is 0.257 e. The van der Waals surface area contributed by atoms with Crippen molar-refractivity contribution in [2.24, 2.45) is 0 Å². The second kappa shape index (κ2) is 11.7. The van der Waals surface area contributed by atoms with Gasteiger partial charge in [0.25, 0.3) is 11.8 Å². The van der Waals surface area contributed by atoms with Gasteiger partial charge in [-0.15, -0.1) is 11.3 Å². The summed E-state index contributed by atoms with van der Waals surface area (Å²) in [4.78, 5) is 43.1. The molecule has 2 aliphatic rings. The molecule has 1 aromatic heterocycles. The summed E-state index contributed by atoms with van der Waals surface area (Å²) in [5.74, 6) is -0.630. The van der Waals surface area contributed by atoms with Crippen molar-refractivity contribution >= 4 is 44.1 Å². The highest BCUT2D eigenvalue weighted by Gasteiger charge is 2.33. The van der Waals surface area contributed by atoms with Gasteiger partial charge in [-0.25, -0.2) is 8.42 Å². The maximum atomic E-state index is 13.5. The first-order valence-corrected chi connectivity index (χ1v) is 15.5. The van der Waals surface area contributed by atoms with Gasteiger partial charge >= 0.3 is 0 Å². The van der Waals surface area contributed by atoms with Gasteiger partial charge in [0.15, 0.2) is 0 Å². The average Bonchev–Trinajstić information content (AvgIpc) is 3.25. The summed E-state index contributed by atoms with van der Waals surface area (Å²) in [6.45, 7) is 11.5. The van der Waals surface area contributed by atoms with Crippen LogP contribution < -0.4 is 5.32 Å². The molecule has 0 saturated carbocycles. The molecule has 2 aromatic rings. The molecule has 2 atom stereocenters. The molecule has 39 heavy (non-hydrogen) atoms. The fraction of sp³-hybridized carbons (Fsp3) is 0.519. The minimum absolute atomic E-state index is 0.0349. The SMILES string of the molecule is CCN(CC)C(=O)c1c(NC(=O)c2ccc(S(=O)(=O)N3CC(C)OC(C)C3)cc2)sc2c1CCN(C(C)=O)C2. The van der Waals surface area contributed by atoms with E-state index in [-0.39, 0.29) is 47.6 Å². The van der Waals surface area contributed by atoms with Crippen molar-refractivity contribution in [3.63, 3.8) is 0 Å². The summed E-state index contributed by atoms with van der Waals surface area (Å²) in [5, 5.41) is 3.34. The number of hydrogen-bond acceptors (Lipinski definition) is 7. The molecule has 12 heteroatoms. The lowest BCUT2D eigenvalue weighted by Crippen LogP contribution is -2.48. The smallest absolute Gasteiger partial charge is 0.257 e. The van der Waals surface area contributed by atoms with Crippen molar-refractivity contribution in [1.82, 2.24) is 14.1 Å². The first-order chi connectivity index (χ1) is 18.5. The molecule has 1 N–H and O–H groups in total. The third-order valence-electron chi connectivity index (χ3n) is 7.13. The van der Waals surface area contributed by atoms with E-state index in [1.54, 1.807) is 9.80 Å². The topological polar surface area (TPSA) is 116 Å². The molecule has 1 aromatic carbocycles. The number of carbonyl (C=O) groups is 3. The van der Waals surface area contributed by atoms with E-state index in [0.717, 1.165) is 10.4 Å². The standard InChI is InChI=1S/C27H36N4O6S2/c1-6-29(7-2)27(34)24-22-12-13-30(19(5)32)16-23(22)38-26(24)28-25(33)20-8-10-21(11-9-20)39(35,36)31-14-17(3)37-18(4)15-31/h8-11,17-18H,6-7,12-16H2,1-5H3,(H,28,33). The highest BCUT2D eigenvalue weighted by atomic mass is 32.2. The van der Waals surface area contributed by atoms with Gasteiger partial charge in [-0.1, -0.05) is 0 Å². The van der Waals surface area contributed by atoms with Gasteiger partial charge in [0.05, 0.1) is 29.2 Å². The van der Waals surface area contributed by atoms with Gasteiger partial charge in [0.2, 0.25) is 15.9 Å². The summed E-state index contributed by atoms with van der Waals surface area (Å²) in [6.07, 6.45) is 0.122. The number of thiophene rings is 1. The molecule has 1 saturated heterocycles. The van der Waals surface area contributed by atoms with E-state index in [9.17, 15) is 22.8 Å². The van der Waals surface area contributed by atoms with Crippen LogP contribution in [-0.2, 0) is 32.5 Å². The fourth-order valence-corrected chi connectivity index (χ4v) is 7.93. The van der Waals surface area contributed by atoms with Crippen LogP contribution in [0.15, 0.2) is 29.2 Å². The van der Waals surface area contributed by atoms with Gasteiger partial charge in [-0.2, -0.15) is 4.31 Å². The lowest BCUT2D eigenvalue weighted by atomic mass is 10.0. The summed E-state index contributed by atoms with van der Waals surface area (Å²) >= 11 is 1.31. The van der Waals surface area contributed by atoms with Gasteiger partial charge in [0.1, 0.15) is 5.00 Å². The Morgan fingerprint density at radius 3 is 2.26 bits per heavy atom. The molecule has 2 unspecified atom stereocenters. The van der Waals surface area contributed by atoms with Crippen molar-refractivity contribution in [3.8, 4) is 0 Å². The fourth-order valence-electron chi connectivity index (χ4n) is 5.09. The monoisotopic (exact) mass is 576 g/mol. The lowest BCUT2D eigenvalue weighted by molar-refractivity contribution is -0.129. The van der Waals surface area contributed by atoms with Gasteiger partial charge in [0, 0.05) is 50.1 Å². The van der Waals surface area contributed by atoms with Crippen LogP contribution in [0, 0.1) is 0 Å². The predicted molar refractivity (Wildman–Crippen MR) is 150 cm³/mol. The molecular weight excluding hydrogens is 540 g/mol. The molecule has 3 amide bonds. The van der Waals surface area contributed by atoms with E-state index in [0.29, 0.717) is 43.2 Å². The zero-order valence-corrected chi connectivity index (χ0v) is 24.7. The molecule has 0 spiro atoms. The number of benzene rings is 1. The Balaban J connectivity index is 1.59. The number of anilines is 1. The Bertz CT molecular complexity index is 1340. The summed E-state index contributed by atoms with van der Waals surface area (Å²) < 4.78 is 33.4. The van der Waals surface area contributed by atoms with Crippen LogP contribution >= 0.6 is 11.3 Å². The van der Waals surface area contributed by atoms with Crippen LogP contribution in [-0.4, -0.2) is 85.2 Å². The van der Waals surface area contributed by atoms with Crippen LogP contribution in [0.2, 0.25) is 0 Å². The molecule has 212 valence electrons. The second-order valence-corrected chi connectivity index (χ2v) is 13.0. The number of nitrogens with one attached hydrogen (secondary N) is 1. The number of morpholine rings is 1. The Hall–Kier alpha value is -2.80. The predicted octanol–water partition coefficient (Wildman–Crippen LogP) is 3.18. The largest absolute Gasteiger partial charge is 0.373 e. The number of nitrogens with zero attached hydrogens (tertiary/aromatic N) is 3. The Kier molecular flexibility index (Phi) is 8.79. The van der Waals surface area contributed by atoms with E-state index in [1.165, 1.54) is 46.8 Å². The molecule has 0 radical (unpaired) electrons. The quantitative estimate of drug-likeness (QED) is 0.541. The molecule has 4 rings (SSSR count). The van der Waals surface area contributed by atoms with E-state index in [1.807, 2.05) is 27.7 Å². The number of rotatable bonds is 7. The number of ether oxygens (including phenoxy) is 1. The van der Waals surface area contributed by atoms with Gasteiger partial charge in [-0.3, -0.25) is 14.4 Å². The third-order valence-corrected chi connectivity index (χ3v) is 10.1. The van der Waals surface area contributed by atoms with E-state index in [4.69, 9.17) is 4.74 Å². The van der Waals surface area contributed by atoms with Gasteiger partial charge in [-0.05, 0) is 63.9 Å². The summed E-state index contributed by atoms with van der Waals surface area (Å²) in [5.41, 5.74) is 1.63. The molecule has 0 aliphatic carbocycles. The Morgan fingerprint density at radius 1 is 1.08 bits per heavy atom. The number of sulfonamides is 1. The summed E-state index contributed by atoms with van der Waals surface area (Å²) in [6, 6.07) is 5.82. The van der Waals surface area contributed by atoms with Crippen molar-refractivity contribution in [2.75, 3.05) is 38.0 Å². The molecule has 0 bridgehead atoms. The summed E-state index contributed by atoms with van der Waals surface area (Å²) in [7, 11) is -3.74. The zero-order valence-electron chi connectivity index (χ0n) is 23.0. The molecule has 10 nitrogen and oxygen atoms in total. The van der Waals surface area contributed by atoms with E-state index in [2.05, 4.69) is 5.32 Å². The van der Waals surface area contributed by atoms with E-state index >= 15 is 0 Å². The normalized spacial score (nSPS) is 19.9. The molecule has 2 aliphatic heterocycles. The van der Waals surface area contributed by atoms with Crippen molar-refractivity contribution in [2.45, 2.75) is 64.7 Å². The Morgan fingerprint density at radius 2 is 1.69 bits per heavy atom. The van der Waals surface area contributed by atoms with Crippen LogP contribution in [0.25, 0.3) is 0 Å². The van der Waals surface area contributed by atoms with Crippen LogP contribution in [0.5, 0.6) is 0 Å². The Labute approximate surface area is 234 Å². The first kappa shape index (κ1) is 29.2. The molecule has 3 heterocycles. The van der Waals surface area contributed by atoms with Crippen LogP contribution in [0.4, 0.5) is 5.00 Å². The zero-order chi connectivity index (χ0) is 28.5. The van der Waals surface area contributed by atoms with Crippen LogP contribution in [0.1, 0.15) is 65.8 Å². The number of hydrogen-bond donors (Lipinski definition) is 1.